The van der Waals surface area contributed by atoms with E-state index in [2.05, 4.69) is 23.6 Å². The molecule has 0 aromatic heterocycles. The molecule has 2 unspecified atom stereocenters. The van der Waals surface area contributed by atoms with Crippen molar-refractivity contribution in [2.75, 3.05) is 11.9 Å². The Labute approximate surface area is 122 Å². The third kappa shape index (κ3) is 4.34. The van der Waals surface area contributed by atoms with Gasteiger partial charge in [0, 0.05) is 19.2 Å². The van der Waals surface area contributed by atoms with Crippen LogP contribution in [0, 0.1) is 11.8 Å². The molecule has 0 aliphatic heterocycles. The quantitative estimate of drug-likeness (QED) is 0.862. The largest absolute Gasteiger partial charge is 0.326 e. The maximum atomic E-state index is 11.2. The number of carbonyl (C=O) groups is 1. The fraction of sp³-hybridized carbons (Fsp3) is 0.588. The summed E-state index contributed by atoms with van der Waals surface area (Å²) in [5.41, 5.74) is 2.08. The normalized spacial score (nSPS) is 22.5. The fourth-order valence-corrected chi connectivity index (χ4v) is 3.07. The molecule has 1 aliphatic carbocycles. The summed E-state index contributed by atoms with van der Waals surface area (Å²) in [6.45, 7) is 5.82. The van der Waals surface area contributed by atoms with Crippen LogP contribution in [0.3, 0.4) is 0 Å². The Morgan fingerprint density at radius 2 is 2.00 bits per heavy atom. The molecule has 0 heterocycles. The van der Waals surface area contributed by atoms with E-state index in [4.69, 9.17) is 0 Å². The molecule has 1 fully saturated rings. The third-order valence-corrected chi connectivity index (χ3v) is 4.34. The van der Waals surface area contributed by atoms with Crippen molar-refractivity contribution in [2.24, 2.45) is 11.8 Å². The Balaban J connectivity index is 1.85. The summed E-state index contributed by atoms with van der Waals surface area (Å²) < 4.78 is 0. The Morgan fingerprint density at radius 1 is 1.25 bits per heavy atom. The fourth-order valence-electron chi connectivity index (χ4n) is 3.07. The van der Waals surface area contributed by atoms with Crippen molar-refractivity contribution in [1.29, 1.82) is 0 Å². The molecule has 0 bridgehead atoms. The lowest BCUT2D eigenvalue weighted by Gasteiger charge is -2.29. The van der Waals surface area contributed by atoms with E-state index in [-0.39, 0.29) is 5.91 Å². The van der Waals surface area contributed by atoms with Crippen LogP contribution in [0.1, 0.15) is 45.1 Å². The summed E-state index contributed by atoms with van der Waals surface area (Å²) in [7, 11) is 0. The number of rotatable bonds is 5. The first-order valence-electron chi connectivity index (χ1n) is 7.73. The van der Waals surface area contributed by atoms with Crippen molar-refractivity contribution in [1.82, 2.24) is 5.32 Å². The van der Waals surface area contributed by atoms with Crippen molar-refractivity contribution < 1.29 is 4.79 Å². The summed E-state index contributed by atoms with van der Waals surface area (Å²) in [5, 5.41) is 6.46. The predicted molar refractivity (Wildman–Crippen MR) is 83.6 cm³/mol. The van der Waals surface area contributed by atoms with Gasteiger partial charge in [-0.2, -0.15) is 0 Å². The zero-order valence-electron chi connectivity index (χ0n) is 12.6. The average Bonchev–Trinajstić information content (AvgIpc) is 2.42. The molecule has 0 radical (unpaired) electrons. The SMILES string of the molecule is CC(=O)Nc1ccccc1CNCC1CCCCC1C. The van der Waals surface area contributed by atoms with Crippen molar-refractivity contribution >= 4 is 11.6 Å². The first-order valence-corrected chi connectivity index (χ1v) is 7.73. The van der Waals surface area contributed by atoms with Crippen LogP contribution in [-0.4, -0.2) is 12.5 Å². The molecule has 2 atom stereocenters. The van der Waals surface area contributed by atoms with Crippen LogP contribution in [-0.2, 0) is 11.3 Å². The number of amides is 1. The smallest absolute Gasteiger partial charge is 0.221 e. The minimum atomic E-state index is -0.0154. The van der Waals surface area contributed by atoms with Crippen LogP contribution in [0.5, 0.6) is 0 Å². The van der Waals surface area contributed by atoms with E-state index >= 15 is 0 Å². The van der Waals surface area contributed by atoms with Crippen LogP contribution in [0.4, 0.5) is 5.69 Å². The molecule has 1 aromatic carbocycles. The van der Waals surface area contributed by atoms with E-state index in [1.807, 2.05) is 18.2 Å². The van der Waals surface area contributed by atoms with Gasteiger partial charge < -0.3 is 10.6 Å². The second-order valence-corrected chi connectivity index (χ2v) is 5.99. The Bertz CT molecular complexity index is 444. The summed E-state index contributed by atoms with van der Waals surface area (Å²) in [6.07, 6.45) is 5.48. The highest BCUT2D eigenvalue weighted by atomic mass is 16.1. The van der Waals surface area contributed by atoms with Crippen LogP contribution in [0.15, 0.2) is 24.3 Å². The number of hydrogen-bond acceptors (Lipinski definition) is 2. The molecule has 110 valence electrons. The molecule has 1 saturated carbocycles. The van der Waals surface area contributed by atoms with Gasteiger partial charge in [-0.25, -0.2) is 0 Å². The van der Waals surface area contributed by atoms with Gasteiger partial charge in [0.1, 0.15) is 0 Å². The second kappa shape index (κ2) is 7.44. The molecule has 1 aliphatic rings. The van der Waals surface area contributed by atoms with E-state index in [0.29, 0.717) is 0 Å². The number of hydrogen-bond donors (Lipinski definition) is 2. The van der Waals surface area contributed by atoms with Gasteiger partial charge in [0.25, 0.3) is 0 Å². The summed E-state index contributed by atoms with van der Waals surface area (Å²) in [6, 6.07) is 8.01. The minimum Gasteiger partial charge on any atom is -0.326 e. The van der Waals surface area contributed by atoms with E-state index in [9.17, 15) is 4.79 Å². The van der Waals surface area contributed by atoms with Crippen LogP contribution in [0.25, 0.3) is 0 Å². The second-order valence-electron chi connectivity index (χ2n) is 5.99. The van der Waals surface area contributed by atoms with Crippen molar-refractivity contribution in [3.05, 3.63) is 29.8 Å². The highest BCUT2D eigenvalue weighted by Gasteiger charge is 2.20. The number of nitrogens with one attached hydrogen (secondary N) is 2. The molecule has 1 amide bonds. The van der Waals surface area contributed by atoms with Gasteiger partial charge in [-0.05, 0) is 36.4 Å². The Kier molecular flexibility index (Phi) is 5.60. The van der Waals surface area contributed by atoms with E-state index < -0.39 is 0 Å². The maximum Gasteiger partial charge on any atom is 0.221 e. The summed E-state index contributed by atoms with van der Waals surface area (Å²) >= 11 is 0. The standard InChI is InChI=1S/C17H26N2O/c1-13-7-3-4-8-15(13)11-18-12-16-9-5-6-10-17(16)19-14(2)20/h5-6,9-10,13,15,18H,3-4,7-8,11-12H2,1-2H3,(H,19,20). The van der Waals surface area contributed by atoms with Crippen LogP contribution in [0.2, 0.25) is 0 Å². The lowest BCUT2D eigenvalue weighted by atomic mass is 9.80. The van der Waals surface area contributed by atoms with Gasteiger partial charge in [-0.3, -0.25) is 4.79 Å². The van der Waals surface area contributed by atoms with E-state index in [0.717, 1.165) is 36.2 Å². The first kappa shape index (κ1) is 15.0. The number of benzene rings is 1. The lowest BCUT2D eigenvalue weighted by molar-refractivity contribution is -0.114. The molecule has 3 heteroatoms. The first-order chi connectivity index (χ1) is 9.66. The van der Waals surface area contributed by atoms with Gasteiger partial charge in [0.15, 0.2) is 0 Å². The highest BCUT2D eigenvalue weighted by molar-refractivity contribution is 5.89. The van der Waals surface area contributed by atoms with E-state index in [1.54, 1.807) is 6.92 Å². The average molecular weight is 274 g/mol. The van der Waals surface area contributed by atoms with Crippen molar-refractivity contribution in [3.63, 3.8) is 0 Å². The predicted octanol–water partition coefficient (Wildman–Crippen LogP) is 3.56. The summed E-state index contributed by atoms with van der Waals surface area (Å²) in [5.74, 6) is 1.62. The molecule has 2 rings (SSSR count). The zero-order valence-corrected chi connectivity index (χ0v) is 12.6. The molecule has 3 nitrogen and oxygen atoms in total. The third-order valence-electron chi connectivity index (χ3n) is 4.34. The lowest BCUT2D eigenvalue weighted by Crippen LogP contribution is -2.29. The molecular formula is C17H26N2O. The van der Waals surface area contributed by atoms with Crippen LogP contribution < -0.4 is 10.6 Å². The molecule has 0 saturated heterocycles. The van der Waals surface area contributed by atoms with Crippen molar-refractivity contribution in [3.8, 4) is 0 Å². The maximum absolute atomic E-state index is 11.2. The van der Waals surface area contributed by atoms with Crippen molar-refractivity contribution in [2.45, 2.75) is 46.1 Å². The Morgan fingerprint density at radius 3 is 2.75 bits per heavy atom. The highest BCUT2D eigenvalue weighted by Crippen LogP contribution is 2.29. The Hall–Kier alpha value is -1.35. The van der Waals surface area contributed by atoms with Gasteiger partial charge >= 0.3 is 0 Å². The van der Waals surface area contributed by atoms with Gasteiger partial charge in [-0.1, -0.05) is 44.4 Å². The van der Waals surface area contributed by atoms with Gasteiger partial charge in [-0.15, -0.1) is 0 Å². The molecule has 0 spiro atoms. The van der Waals surface area contributed by atoms with Gasteiger partial charge in [0.05, 0.1) is 0 Å². The summed E-state index contributed by atoms with van der Waals surface area (Å²) in [4.78, 5) is 11.2. The number of carbonyl (C=O) groups excluding carboxylic acids is 1. The molecule has 1 aromatic rings. The number of anilines is 1. The topological polar surface area (TPSA) is 41.1 Å². The molecule has 2 N–H and O–H groups in total. The zero-order chi connectivity index (χ0) is 14.4. The van der Waals surface area contributed by atoms with E-state index in [1.165, 1.54) is 25.7 Å². The minimum absolute atomic E-state index is 0.0154. The van der Waals surface area contributed by atoms with Crippen LogP contribution >= 0.6 is 0 Å². The molecular weight excluding hydrogens is 248 g/mol. The van der Waals surface area contributed by atoms with Gasteiger partial charge in [0.2, 0.25) is 5.91 Å². The monoisotopic (exact) mass is 274 g/mol. The molecule has 20 heavy (non-hydrogen) atoms. The number of para-hydroxylation sites is 1.